The van der Waals surface area contributed by atoms with E-state index in [1.54, 1.807) is 11.3 Å². The van der Waals surface area contributed by atoms with Crippen LogP contribution in [0, 0.1) is 6.92 Å². The number of thiophene rings is 1. The molecule has 2 rings (SSSR count). The molecule has 0 amide bonds. The predicted octanol–water partition coefficient (Wildman–Crippen LogP) is 2.65. The minimum atomic E-state index is 1.20. The van der Waals surface area contributed by atoms with Crippen molar-refractivity contribution < 1.29 is 0 Å². The lowest BCUT2D eigenvalue weighted by molar-refractivity contribution is 1.32. The third-order valence-electron chi connectivity index (χ3n) is 1.89. The molecular weight excluding hydrogens is 168 g/mol. The Morgan fingerprint density at radius 2 is 2.25 bits per heavy atom. The fourth-order valence-corrected chi connectivity index (χ4v) is 2.18. The molecule has 2 heterocycles. The highest BCUT2D eigenvalue weighted by molar-refractivity contribution is 7.22. The molecule has 62 valence electrons. The largest absolute Gasteiger partial charge is 0.380 e. The van der Waals surface area contributed by atoms with E-state index in [0.29, 0.717) is 0 Å². The molecule has 0 radical (unpaired) electrons. The molecule has 0 atom stereocenters. The van der Waals surface area contributed by atoms with Crippen molar-refractivity contribution in [3.63, 3.8) is 0 Å². The summed E-state index contributed by atoms with van der Waals surface area (Å²) < 4.78 is 1.25. The van der Waals surface area contributed by atoms with Crippen LogP contribution >= 0.6 is 11.3 Å². The van der Waals surface area contributed by atoms with Gasteiger partial charge in [0.25, 0.3) is 0 Å². The molecule has 2 aromatic heterocycles. The number of anilines is 1. The number of nitrogens with one attached hydrogen (secondary N) is 1. The quantitative estimate of drug-likeness (QED) is 0.726. The molecule has 0 aromatic carbocycles. The highest BCUT2D eigenvalue weighted by atomic mass is 32.1. The Bertz CT molecular complexity index is 406. The second kappa shape index (κ2) is 2.75. The van der Waals surface area contributed by atoms with Crippen molar-refractivity contribution >= 4 is 26.4 Å². The van der Waals surface area contributed by atoms with Crippen LogP contribution in [0.15, 0.2) is 18.5 Å². The number of nitrogens with zero attached hydrogens (tertiary/aromatic N) is 1. The van der Waals surface area contributed by atoms with Crippen LogP contribution in [0.3, 0.4) is 0 Å². The average Bonchev–Trinajstić information content (AvgIpc) is 2.49. The Kier molecular flexibility index (Phi) is 1.73. The Morgan fingerprint density at radius 1 is 1.42 bits per heavy atom. The Labute approximate surface area is 75.3 Å². The Morgan fingerprint density at radius 3 is 2.92 bits per heavy atom. The molecule has 2 aromatic rings. The average molecular weight is 178 g/mol. The summed E-state index contributed by atoms with van der Waals surface area (Å²) >= 11 is 1.74. The van der Waals surface area contributed by atoms with Crippen LogP contribution in [0.25, 0.3) is 10.1 Å². The van der Waals surface area contributed by atoms with Crippen molar-refractivity contribution in [2.45, 2.75) is 6.92 Å². The van der Waals surface area contributed by atoms with E-state index in [1.807, 2.05) is 19.4 Å². The smallest absolute Gasteiger partial charge is 0.0893 e. The molecule has 0 aliphatic rings. The maximum absolute atomic E-state index is 4.14. The van der Waals surface area contributed by atoms with E-state index in [2.05, 4.69) is 23.3 Å². The molecule has 0 bridgehead atoms. The maximum atomic E-state index is 4.14. The van der Waals surface area contributed by atoms with Gasteiger partial charge < -0.3 is 5.32 Å². The number of aromatic nitrogens is 1. The van der Waals surface area contributed by atoms with E-state index in [4.69, 9.17) is 0 Å². The highest BCUT2D eigenvalue weighted by Gasteiger charge is 2.01. The van der Waals surface area contributed by atoms with Gasteiger partial charge in [0.15, 0.2) is 0 Å². The molecule has 0 saturated heterocycles. The molecule has 0 fully saturated rings. The summed E-state index contributed by atoms with van der Waals surface area (Å²) in [6.07, 6.45) is 3.81. The van der Waals surface area contributed by atoms with Gasteiger partial charge in [0.1, 0.15) is 0 Å². The second-order valence-electron chi connectivity index (χ2n) is 2.73. The summed E-state index contributed by atoms with van der Waals surface area (Å²) in [5.74, 6) is 0. The van der Waals surface area contributed by atoms with Gasteiger partial charge in [-0.1, -0.05) is 0 Å². The van der Waals surface area contributed by atoms with Gasteiger partial charge in [-0.05, 0) is 18.6 Å². The van der Waals surface area contributed by atoms with Gasteiger partial charge in [-0.3, -0.25) is 4.98 Å². The van der Waals surface area contributed by atoms with Gasteiger partial charge in [0.2, 0.25) is 0 Å². The molecule has 0 spiro atoms. The van der Waals surface area contributed by atoms with Crippen LogP contribution in [-0.2, 0) is 0 Å². The molecule has 1 N–H and O–H groups in total. The fraction of sp³-hybridized carbons (Fsp3) is 0.222. The minimum absolute atomic E-state index is 1.20. The number of rotatable bonds is 1. The first-order chi connectivity index (χ1) is 5.81. The third-order valence-corrected chi connectivity index (χ3v) is 2.98. The first-order valence-corrected chi connectivity index (χ1v) is 4.65. The lowest BCUT2D eigenvalue weighted by atomic mass is 10.2. The summed E-state index contributed by atoms with van der Waals surface area (Å²) in [6, 6.07) is 2.16. The van der Waals surface area contributed by atoms with Gasteiger partial charge in [-0.2, -0.15) is 0 Å². The van der Waals surface area contributed by atoms with E-state index in [0.717, 1.165) is 0 Å². The predicted molar refractivity (Wildman–Crippen MR) is 53.9 cm³/mol. The molecule has 2 nitrogen and oxygen atoms in total. The molecule has 3 heteroatoms. The van der Waals surface area contributed by atoms with Gasteiger partial charge in [0, 0.05) is 24.8 Å². The van der Waals surface area contributed by atoms with Crippen LogP contribution in [0.1, 0.15) is 5.56 Å². The van der Waals surface area contributed by atoms with Crippen LogP contribution in [0.4, 0.5) is 5.00 Å². The van der Waals surface area contributed by atoms with E-state index < -0.39 is 0 Å². The first-order valence-electron chi connectivity index (χ1n) is 3.83. The van der Waals surface area contributed by atoms with E-state index in [9.17, 15) is 0 Å². The minimum Gasteiger partial charge on any atom is -0.380 e. The fourth-order valence-electron chi connectivity index (χ4n) is 1.22. The second-order valence-corrected chi connectivity index (χ2v) is 3.81. The SMILES string of the molecule is CNc1cc2c(C)cncc2s1. The van der Waals surface area contributed by atoms with Crippen molar-refractivity contribution in [2.24, 2.45) is 0 Å². The van der Waals surface area contributed by atoms with E-state index >= 15 is 0 Å². The molecular formula is C9H10N2S. The lowest BCUT2D eigenvalue weighted by Gasteiger charge is -1.90. The molecule has 0 aliphatic carbocycles. The van der Waals surface area contributed by atoms with E-state index in [1.165, 1.54) is 20.7 Å². The summed E-state index contributed by atoms with van der Waals surface area (Å²) in [6.45, 7) is 2.08. The van der Waals surface area contributed by atoms with Gasteiger partial charge >= 0.3 is 0 Å². The molecule has 0 unspecified atom stereocenters. The molecule has 0 saturated carbocycles. The zero-order chi connectivity index (χ0) is 8.55. The van der Waals surface area contributed by atoms with Gasteiger partial charge in [-0.15, -0.1) is 11.3 Å². The van der Waals surface area contributed by atoms with Crippen molar-refractivity contribution in [3.05, 3.63) is 24.0 Å². The van der Waals surface area contributed by atoms with Crippen LogP contribution < -0.4 is 5.32 Å². The zero-order valence-corrected chi connectivity index (χ0v) is 7.90. The van der Waals surface area contributed by atoms with Crippen molar-refractivity contribution in [2.75, 3.05) is 12.4 Å². The highest BCUT2D eigenvalue weighted by Crippen LogP contribution is 2.30. The summed E-state index contributed by atoms with van der Waals surface area (Å²) in [5, 5.41) is 5.63. The third kappa shape index (κ3) is 1.06. The Hall–Kier alpha value is -1.09. The normalized spacial score (nSPS) is 10.5. The standard InChI is InChI=1S/C9H10N2S/c1-6-4-11-5-8-7(6)3-9(10-2)12-8/h3-5,10H,1-2H3. The van der Waals surface area contributed by atoms with E-state index in [-0.39, 0.29) is 0 Å². The van der Waals surface area contributed by atoms with Gasteiger partial charge in [0.05, 0.1) is 9.70 Å². The molecule has 12 heavy (non-hydrogen) atoms. The number of aryl methyl sites for hydroxylation is 1. The molecule has 0 aliphatic heterocycles. The number of fused-ring (bicyclic) bond motifs is 1. The van der Waals surface area contributed by atoms with Crippen LogP contribution in [0.2, 0.25) is 0 Å². The van der Waals surface area contributed by atoms with Crippen molar-refractivity contribution in [3.8, 4) is 0 Å². The monoisotopic (exact) mass is 178 g/mol. The first kappa shape index (κ1) is 7.55. The van der Waals surface area contributed by atoms with Crippen molar-refractivity contribution in [1.29, 1.82) is 0 Å². The number of pyridine rings is 1. The maximum Gasteiger partial charge on any atom is 0.0893 e. The summed E-state index contributed by atoms with van der Waals surface area (Å²) in [7, 11) is 1.94. The van der Waals surface area contributed by atoms with Gasteiger partial charge in [-0.25, -0.2) is 0 Å². The topological polar surface area (TPSA) is 24.9 Å². The summed E-state index contributed by atoms with van der Waals surface area (Å²) in [5.41, 5.74) is 1.24. The number of hydrogen-bond acceptors (Lipinski definition) is 3. The van der Waals surface area contributed by atoms with Crippen LogP contribution in [-0.4, -0.2) is 12.0 Å². The summed E-state index contributed by atoms with van der Waals surface area (Å²) in [4.78, 5) is 4.14. The van der Waals surface area contributed by atoms with Crippen LogP contribution in [0.5, 0.6) is 0 Å². The van der Waals surface area contributed by atoms with Crippen molar-refractivity contribution in [1.82, 2.24) is 4.98 Å². The Balaban J connectivity index is 2.74. The lowest BCUT2D eigenvalue weighted by Crippen LogP contribution is -1.80. The zero-order valence-electron chi connectivity index (χ0n) is 7.09. The number of hydrogen-bond donors (Lipinski definition) is 1.